The first-order valence-electron chi connectivity index (χ1n) is 10.0. The average molecular weight is 424 g/mol. The fourth-order valence-electron chi connectivity index (χ4n) is 3.88. The Morgan fingerprint density at radius 3 is 2.34 bits per heavy atom. The summed E-state index contributed by atoms with van der Waals surface area (Å²) in [6.45, 7) is 4.35. The van der Waals surface area contributed by atoms with Gasteiger partial charge in [-0.05, 0) is 55.9 Å². The first-order valence-corrected chi connectivity index (χ1v) is 11.5. The molecule has 0 radical (unpaired) electrons. The Morgan fingerprint density at radius 2 is 1.72 bits per heavy atom. The molecule has 0 unspecified atom stereocenters. The summed E-state index contributed by atoms with van der Waals surface area (Å²) in [5.41, 5.74) is 0.446. The Morgan fingerprint density at radius 1 is 1.07 bits per heavy atom. The van der Waals surface area contributed by atoms with E-state index in [2.05, 4.69) is 17.0 Å². The number of methoxy groups -OCH3 is 1. The van der Waals surface area contributed by atoms with Crippen molar-refractivity contribution in [1.82, 2.24) is 9.21 Å². The number of piperidine rings is 2. The van der Waals surface area contributed by atoms with Gasteiger partial charge in [0.05, 0.1) is 17.9 Å². The van der Waals surface area contributed by atoms with Crippen LogP contribution in [-0.2, 0) is 19.6 Å². The van der Waals surface area contributed by atoms with E-state index in [4.69, 9.17) is 0 Å². The lowest BCUT2D eigenvalue weighted by Crippen LogP contribution is -2.48. The van der Waals surface area contributed by atoms with Crippen molar-refractivity contribution in [1.29, 1.82) is 0 Å². The molecule has 1 aromatic carbocycles. The van der Waals surface area contributed by atoms with Gasteiger partial charge in [0.2, 0.25) is 15.9 Å². The minimum Gasteiger partial charge on any atom is -0.453 e. The predicted molar refractivity (Wildman–Crippen MR) is 109 cm³/mol. The lowest BCUT2D eigenvalue weighted by molar-refractivity contribution is -0.138. The van der Waals surface area contributed by atoms with E-state index >= 15 is 0 Å². The number of amides is 2. The summed E-state index contributed by atoms with van der Waals surface area (Å²) in [6.07, 6.45) is 2.78. The van der Waals surface area contributed by atoms with Crippen LogP contribution in [0.4, 0.5) is 10.5 Å². The normalized spacial score (nSPS) is 21.6. The number of sulfonamides is 1. The highest BCUT2D eigenvalue weighted by Gasteiger charge is 2.35. The topological polar surface area (TPSA) is 96.0 Å². The largest absolute Gasteiger partial charge is 0.453 e. The van der Waals surface area contributed by atoms with Gasteiger partial charge in [-0.25, -0.2) is 13.2 Å². The summed E-state index contributed by atoms with van der Waals surface area (Å²) in [5.74, 6) is 0.431. The van der Waals surface area contributed by atoms with Crippen LogP contribution in [0.5, 0.6) is 0 Å². The third-order valence-corrected chi connectivity index (χ3v) is 7.63. The summed E-state index contributed by atoms with van der Waals surface area (Å²) >= 11 is 0. The Labute approximate surface area is 172 Å². The van der Waals surface area contributed by atoms with E-state index in [0.29, 0.717) is 24.6 Å². The first kappa shape index (κ1) is 21.6. The van der Waals surface area contributed by atoms with Crippen molar-refractivity contribution >= 4 is 27.7 Å². The van der Waals surface area contributed by atoms with Crippen molar-refractivity contribution in [3.05, 3.63) is 24.3 Å². The molecule has 2 amide bonds. The van der Waals surface area contributed by atoms with E-state index in [1.54, 1.807) is 0 Å². The van der Waals surface area contributed by atoms with Crippen molar-refractivity contribution in [3.63, 3.8) is 0 Å². The predicted octanol–water partition coefficient (Wildman–Crippen LogP) is 2.52. The maximum atomic E-state index is 13.1. The molecule has 2 fully saturated rings. The number of benzene rings is 1. The van der Waals surface area contributed by atoms with Gasteiger partial charge in [-0.2, -0.15) is 4.31 Å². The average Bonchev–Trinajstić information content (AvgIpc) is 2.74. The SMILES string of the molecule is COC(=O)Nc1ccc(S(=O)(=O)N2CCC[C@H](C(=O)N3CCC(C)CC3)C2)cc1. The third-order valence-electron chi connectivity index (χ3n) is 5.75. The monoisotopic (exact) mass is 423 g/mol. The van der Waals surface area contributed by atoms with Gasteiger partial charge in [0.15, 0.2) is 0 Å². The van der Waals surface area contributed by atoms with E-state index in [9.17, 15) is 18.0 Å². The zero-order chi connectivity index (χ0) is 21.0. The van der Waals surface area contributed by atoms with Crippen LogP contribution >= 0.6 is 0 Å². The highest BCUT2D eigenvalue weighted by atomic mass is 32.2. The Bertz CT molecular complexity index is 832. The van der Waals surface area contributed by atoms with Crippen molar-refractivity contribution in [2.24, 2.45) is 11.8 Å². The fourth-order valence-corrected chi connectivity index (χ4v) is 5.40. The van der Waals surface area contributed by atoms with Crippen LogP contribution in [0.25, 0.3) is 0 Å². The highest BCUT2D eigenvalue weighted by molar-refractivity contribution is 7.89. The van der Waals surface area contributed by atoms with Crippen molar-refractivity contribution < 1.29 is 22.7 Å². The molecule has 1 atom stereocenters. The molecule has 0 spiro atoms. The quantitative estimate of drug-likeness (QED) is 0.803. The Kier molecular flexibility index (Phi) is 6.79. The molecule has 2 aliphatic rings. The summed E-state index contributed by atoms with van der Waals surface area (Å²) < 4.78 is 32.0. The van der Waals surface area contributed by atoms with Gasteiger partial charge < -0.3 is 9.64 Å². The van der Waals surface area contributed by atoms with Gasteiger partial charge in [-0.15, -0.1) is 0 Å². The molecule has 2 saturated heterocycles. The molecule has 0 aromatic heterocycles. The first-order chi connectivity index (χ1) is 13.8. The number of rotatable bonds is 4. The van der Waals surface area contributed by atoms with E-state index in [1.807, 2.05) is 4.90 Å². The maximum absolute atomic E-state index is 13.1. The van der Waals surface area contributed by atoms with Crippen LogP contribution in [0.1, 0.15) is 32.6 Å². The number of nitrogens with zero attached hydrogens (tertiary/aromatic N) is 2. The number of ether oxygens (including phenoxy) is 1. The van der Waals surface area contributed by atoms with E-state index in [1.165, 1.54) is 35.7 Å². The van der Waals surface area contributed by atoms with Crippen LogP contribution < -0.4 is 5.32 Å². The van der Waals surface area contributed by atoms with Crippen LogP contribution in [0, 0.1) is 11.8 Å². The maximum Gasteiger partial charge on any atom is 0.411 e. The van der Waals surface area contributed by atoms with Crippen LogP contribution in [-0.4, -0.2) is 62.9 Å². The smallest absolute Gasteiger partial charge is 0.411 e. The molecule has 8 nitrogen and oxygen atoms in total. The second-order valence-corrected chi connectivity index (χ2v) is 9.79. The summed E-state index contributed by atoms with van der Waals surface area (Å²) in [7, 11) is -2.44. The minimum atomic E-state index is -3.70. The molecule has 29 heavy (non-hydrogen) atoms. The van der Waals surface area contributed by atoms with Crippen molar-refractivity contribution in [3.8, 4) is 0 Å². The minimum absolute atomic E-state index is 0.0782. The summed E-state index contributed by atoms with van der Waals surface area (Å²) in [5, 5.41) is 2.49. The molecule has 9 heteroatoms. The van der Waals surface area contributed by atoms with Crippen LogP contribution in [0.3, 0.4) is 0 Å². The number of anilines is 1. The Balaban J connectivity index is 1.67. The molecule has 2 aliphatic heterocycles. The lowest BCUT2D eigenvalue weighted by atomic mass is 9.94. The van der Waals surface area contributed by atoms with Gasteiger partial charge in [0.1, 0.15) is 0 Å². The fraction of sp³-hybridized carbons (Fsp3) is 0.600. The number of likely N-dealkylation sites (tertiary alicyclic amines) is 1. The molecular weight excluding hydrogens is 394 g/mol. The molecule has 3 rings (SSSR count). The van der Waals surface area contributed by atoms with E-state index in [-0.39, 0.29) is 23.3 Å². The molecule has 1 N–H and O–H groups in total. The van der Waals surface area contributed by atoms with E-state index in [0.717, 1.165) is 32.4 Å². The standard InChI is InChI=1S/C20H29N3O5S/c1-15-9-12-22(13-10-15)19(24)16-4-3-11-23(14-16)29(26,27)18-7-5-17(6-8-18)21-20(25)28-2/h5-8,15-16H,3-4,9-14H2,1-2H3,(H,21,25)/t16-/m0/s1. The number of hydrogen-bond donors (Lipinski definition) is 1. The van der Waals surface area contributed by atoms with Gasteiger partial charge in [-0.3, -0.25) is 10.1 Å². The van der Waals surface area contributed by atoms with Crippen molar-refractivity contribution in [2.45, 2.75) is 37.5 Å². The van der Waals surface area contributed by atoms with Gasteiger partial charge in [0, 0.05) is 31.9 Å². The zero-order valence-corrected chi connectivity index (χ0v) is 17.8. The van der Waals surface area contributed by atoms with Crippen LogP contribution in [0.15, 0.2) is 29.2 Å². The van der Waals surface area contributed by atoms with E-state index < -0.39 is 16.1 Å². The highest BCUT2D eigenvalue weighted by Crippen LogP contribution is 2.27. The summed E-state index contributed by atoms with van der Waals surface area (Å²) in [6, 6.07) is 5.95. The molecular formula is C20H29N3O5S. The molecule has 0 bridgehead atoms. The third kappa shape index (κ3) is 5.08. The molecule has 160 valence electrons. The number of carbonyl (C=O) groups excluding carboxylic acids is 2. The second-order valence-electron chi connectivity index (χ2n) is 7.85. The summed E-state index contributed by atoms with van der Waals surface area (Å²) in [4.78, 5) is 26.2. The van der Waals surface area contributed by atoms with Crippen molar-refractivity contribution in [2.75, 3.05) is 38.6 Å². The number of nitrogens with one attached hydrogen (secondary N) is 1. The number of carbonyl (C=O) groups is 2. The second kappa shape index (κ2) is 9.13. The molecule has 2 heterocycles. The zero-order valence-electron chi connectivity index (χ0n) is 17.0. The van der Waals surface area contributed by atoms with Gasteiger partial charge in [-0.1, -0.05) is 6.92 Å². The lowest BCUT2D eigenvalue weighted by Gasteiger charge is -2.36. The molecule has 0 aliphatic carbocycles. The Hall–Kier alpha value is -2.13. The van der Waals surface area contributed by atoms with Crippen LogP contribution in [0.2, 0.25) is 0 Å². The van der Waals surface area contributed by atoms with Gasteiger partial charge >= 0.3 is 6.09 Å². The molecule has 1 aromatic rings. The number of hydrogen-bond acceptors (Lipinski definition) is 5. The van der Waals surface area contributed by atoms with Gasteiger partial charge in [0.25, 0.3) is 0 Å². The molecule has 0 saturated carbocycles.